The zero-order valence-electron chi connectivity index (χ0n) is 16.2. The van der Waals surface area contributed by atoms with Gasteiger partial charge in [0.15, 0.2) is 0 Å². The smallest absolute Gasteiger partial charge is 0.243 e. The molecule has 26 heavy (non-hydrogen) atoms. The van der Waals surface area contributed by atoms with Crippen LogP contribution in [-0.4, -0.2) is 34.7 Å². The summed E-state index contributed by atoms with van der Waals surface area (Å²) in [4.78, 5) is 35.3. The summed E-state index contributed by atoms with van der Waals surface area (Å²) in [5.74, 6) is -1.13. The van der Waals surface area contributed by atoms with Crippen molar-refractivity contribution in [3.05, 3.63) is 0 Å². The number of carbonyl (C=O) groups is 3. The van der Waals surface area contributed by atoms with Crippen molar-refractivity contribution < 1.29 is 14.4 Å². The number of unbranched alkanes of at least 4 members (excludes halogenated alkanes) is 8. The van der Waals surface area contributed by atoms with Gasteiger partial charge in [-0.15, -0.1) is 0 Å². The van der Waals surface area contributed by atoms with Crippen molar-refractivity contribution in [2.45, 2.75) is 90.0 Å². The molecule has 0 radical (unpaired) electrons. The van der Waals surface area contributed by atoms with Gasteiger partial charge in [0.1, 0.15) is 6.04 Å². The van der Waals surface area contributed by atoms with E-state index in [1.165, 1.54) is 38.5 Å². The molecule has 0 aliphatic rings. The molecule has 0 aliphatic carbocycles. The van der Waals surface area contributed by atoms with Crippen molar-refractivity contribution in [2.24, 2.45) is 5.73 Å². The summed E-state index contributed by atoms with van der Waals surface area (Å²) in [6.07, 6.45) is 11.7. The van der Waals surface area contributed by atoms with Gasteiger partial charge in [-0.2, -0.15) is 0 Å². The number of amides is 3. The van der Waals surface area contributed by atoms with E-state index in [1.54, 1.807) is 0 Å². The summed E-state index contributed by atoms with van der Waals surface area (Å²) in [6.45, 7) is 2.75. The minimum atomic E-state index is -0.868. The van der Waals surface area contributed by atoms with Gasteiger partial charge >= 0.3 is 0 Å². The van der Waals surface area contributed by atoms with E-state index in [4.69, 9.17) is 5.73 Å². The van der Waals surface area contributed by atoms with Crippen LogP contribution in [0, 0.1) is 0 Å². The maximum atomic E-state index is 12.1. The highest BCUT2D eigenvalue weighted by Gasteiger charge is 2.22. The van der Waals surface area contributed by atoms with Gasteiger partial charge in [-0.25, -0.2) is 0 Å². The summed E-state index contributed by atoms with van der Waals surface area (Å²) in [5, 5.41) is 5.38. The van der Waals surface area contributed by atoms with Gasteiger partial charge in [0.25, 0.3) is 0 Å². The lowest BCUT2D eigenvalue weighted by atomic mass is 10.1. The molecule has 0 spiro atoms. The molecule has 152 valence electrons. The second kappa shape index (κ2) is 17.5. The van der Waals surface area contributed by atoms with Crippen LogP contribution in [0.3, 0.4) is 0 Å². The average molecular weight is 481 g/mol. The number of rotatable bonds is 17. The highest BCUT2D eigenvalue weighted by Crippen LogP contribution is 2.10. The number of carbonyl (C=O) groups excluding carboxylic acids is 3. The molecule has 0 fully saturated rings. The summed E-state index contributed by atoms with van der Waals surface area (Å²) >= 11 is 2.23. The largest absolute Gasteiger partial charge is 0.370 e. The molecule has 0 aliphatic heterocycles. The highest BCUT2D eigenvalue weighted by molar-refractivity contribution is 14.1. The molecule has 1 atom stereocenters. The minimum absolute atomic E-state index is 0.167. The normalized spacial score (nSPS) is 11.8. The Bertz CT molecular complexity index is 405. The summed E-state index contributed by atoms with van der Waals surface area (Å²) in [5.41, 5.74) is 5.19. The SMILES string of the molecule is CCCCCCCCCCCC(=O)NC(CC(N)=O)C(=O)NCCCI. The van der Waals surface area contributed by atoms with Crippen LogP contribution in [0.25, 0.3) is 0 Å². The van der Waals surface area contributed by atoms with Crippen molar-refractivity contribution in [3.8, 4) is 0 Å². The molecule has 0 aromatic rings. The van der Waals surface area contributed by atoms with Crippen LogP contribution >= 0.6 is 22.6 Å². The fraction of sp³-hybridized carbons (Fsp3) is 0.842. The minimum Gasteiger partial charge on any atom is -0.370 e. The van der Waals surface area contributed by atoms with Crippen molar-refractivity contribution in [2.75, 3.05) is 11.0 Å². The lowest BCUT2D eigenvalue weighted by Gasteiger charge is -2.17. The van der Waals surface area contributed by atoms with Crippen LogP contribution in [0.15, 0.2) is 0 Å². The molecule has 0 aromatic carbocycles. The second-order valence-corrected chi connectivity index (χ2v) is 7.78. The number of hydrogen-bond donors (Lipinski definition) is 3. The second-order valence-electron chi connectivity index (χ2n) is 6.70. The van der Waals surface area contributed by atoms with E-state index in [1.807, 2.05) is 0 Å². The van der Waals surface area contributed by atoms with Crippen molar-refractivity contribution in [1.29, 1.82) is 0 Å². The Kier molecular flexibility index (Phi) is 17.0. The number of hydrogen-bond acceptors (Lipinski definition) is 3. The summed E-state index contributed by atoms with van der Waals surface area (Å²) in [7, 11) is 0. The number of halogens is 1. The predicted molar refractivity (Wildman–Crippen MR) is 114 cm³/mol. The third kappa shape index (κ3) is 15.4. The predicted octanol–water partition coefficient (Wildman–Crippen LogP) is 3.21. The van der Waals surface area contributed by atoms with E-state index < -0.39 is 11.9 Å². The zero-order valence-corrected chi connectivity index (χ0v) is 18.3. The highest BCUT2D eigenvalue weighted by atomic mass is 127. The summed E-state index contributed by atoms with van der Waals surface area (Å²) in [6, 6.07) is -0.868. The van der Waals surface area contributed by atoms with E-state index >= 15 is 0 Å². The van der Waals surface area contributed by atoms with Crippen molar-refractivity contribution in [3.63, 3.8) is 0 Å². The van der Waals surface area contributed by atoms with Crippen molar-refractivity contribution in [1.82, 2.24) is 10.6 Å². The maximum Gasteiger partial charge on any atom is 0.243 e. The molecule has 1 unspecified atom stereocenters. The fourth-order valence-electron chi connectivity index (χ4n) is 2.67. The first-order valence-electron chi connectivity index (χ1n) is 9.92. The van der Waals surface area contributed by atoms with Gasteiger partial charge in [0, 0.05) is 17.4 Å². The summed E-state index contributed by atoms with van der Waals surface area (Å²) < 4.78 is 0.934. The molecule has 0 saturated heterocycles. The molecule has 0 heterocycles. The Labute approximate surface area is 171 Å². The Hall–Kier alpha value is -0.860. The Morgan fingerprint density at radius 2 is 1.50 bits per heavy atom. The monoisotopic (exact) mass is 481 g/mol. The van der Waals surface area contributed by atoms with E-state index in [0.29, 0.717) is 13.0 Å². The third-order valence-electron chi connectivity index (χ3n) is 4.17. The van der Waals surface area contributed by atoms with Gasteiger partial charge in [0.2, 0.25) is 17.7 Å². The van der Waals surface area contributed by atoms with Crippen LogP contribution in [0.2, 0.25) is 0 Å². The zero-order chi connectivity index (χ0) is 19.6. The van der Waals surface area contributed by atoms with Gasteiger partial charge < -0.3 is 16.4 Å². The number of alkyl halides is 1. The quantitative estimate of drug-likeness (QED) is 0.169. The first kappa shape index (κ1) is 25.1. The Morgan fingerprint density at radius 1 is 0.923 bits per heavy atom. The molecule has 0 saturated carbocycles. The topological polar surface area (TPSA) is 101 Å². The van der Waals surface area contributed by atoms with Crippen LogP contribution in [0.5, 0.6) is 0 Å². The third-order valence-corrected chi connectivity index (χ3v) is 4.94. The van der Waals surface area contributed by atoms with Crippen LogP contribution in [0.1, 0.15) is 84.0 Å². The van der Waals surface area contributed by atoms with Crippen molar-refractivity contribution >= 4 is 40.3 Å². The molecular weight excluding hydrogens is 445 g/mol. The maximum absolute atomic E-state index is 12.1. The van der Waals surface area contributed by atoms with E-state index in [2.05, 4.69) is 40.1 Å². The van der Waals surface area contributed by atoms with Gasteiger partial charge in [-0.05, 0) is 12.8 Å². The standard InChI is InChI=1S/C19H36IN3O3/c1-2-3-4-5-6-7-8-9-10-12-18(25)23-16(15-17(21)24)19(26)22-14-11-13-20/h16H,2-15H2,1H3,(H2,21,24)(H,22,26)(H,23,25). The number of nitrogens with one attached hydrogen (secondary N) is 2. The van der Waals surface area contributed by atoms with Gasteiger partial charge in [-0.3, -0.25) is 14.4 Å². The molecule has 7 heteroatoms. The molecule has 0 rings (SSSR count). The Balaban J connectivity index is 3.94. The Morgan fingerprint density at radius 3 is 2.04 bits per heavy atom. The average Bonchev–Trinajstić information content (AvgIpc) is 2.59. The molecule has 0 bridgehead atoms. The van der Waals surface area contributed by atoms with E-state index in [0.717, 1.165) is 30.1 Å². The van der Waals surface area contributed by atoms with E-state index in [-0.39, 0.29) is 18.2 Å². The molecule has 0 aromatic heterocycles. The van der Waals surface area contributed by atoms with Gasteiger partial charge in [0.05, 0.1) is 6.42 Å². The lowest BCUT2D eigenvalue weighted by Crippen LogP contribution is -2.48. The number of nitrogens with two attached hydrogens (primary N) is 1. The first-order valence-corrected chi connectivity index (χ1v) is 11.4. The number of primary amides is 1. The van der Waals surface area contributed by atoms with E-state index in [9.17, 15) is 14.4 Å². The molecule has 3 amide bonds. The first-order chi connectivity index (χ1) is 12.5. The van der Waals surface area contributed by atoms with Crippen LogP contribution in [0.4, 0.5) is 0 Å². The van der Waals surface area contributed by atoms with Crippen LogP contribution < -0.4 is 16.4 Å². The van der Waals surface area contributed by atoms with Crippen LogP contribution in [-0.2, 0) is 14.4 Å². The fourth-order valence-corrected chi connectivity index (χ4v) is 3.06. The molecule has 4 N–H and O–H groups in total. The molecule has 6 nitrogen and oxygen atoms in total. The molecular formula is C19H36IN3O3. The van der Waals surface area contributed by atoms with Gasteiger partial charge in [-0.1, -0.05) is 80.9 Å². The lowest BCUT2D eigenvalue weighted by molar-refractivity contribution is -0.131.